The van der Waals surface area contributed by atoms with E-state index in [9.17, 15) is 19.8 Å². The maximum absolute atomic E-state index is 11.2. The highest BCUT2D eigenvalue weighted by molar-refractivity contribution is 5.75. The van der Waals surface area contributed by atoms with Gasteiger partial charge in [0.1, 0.15) is 5.78 Å². The summed E-state index contributed by atoms with van der Waals surface area (Å²) >= 11 is 0. The number of hydrogen-bond acceptors (Lipinski definition) is 5. The molecular formula is C18H32O5. The molecule has 0 aromatic carbocycles. The molecule has 23 heavy (non-hydrogen) atoms. The Balaban J connectivity index is 2.23. The maximum Gasteiger partial charge on any atom is 0.305 e. The number of hydrogen-bond donors (Lipinski definition) is 2. The zero-order valence-corrected chi connectivity index (χ0v) is 14.5. The second-order valence-electron chi connectivity index (χ2n) is 6.70. The Labute approximate surface area is 139 Å². The Bertz CT molecular complexity index is 368. The molecule has 1 fully saturated rings. The summed E-state index contributed by atoms with van der Waals surface area (Å²) in [7, 11) is 0. The lowest BCUT2D eigenvalue weighted by molar-refractivity contribution is -0.143. The van der Waals surface area contributed by atoms with Crippen LogP contribution >= 0.6 is 0 Å². The average Bonchev–Trinajstić information content (AvgIpc) is 2.74. The molecule has 5 nitrogen and oxygen atoms in total. The quantitative estimate of drug-likeness (QED) is 0.450. The van der Waals surface area contributed by atoms with Crippen LogP contribution < -0.4 is 0 Å². The highest BCUT2D eigenvalue weighted by Gasteiger charge is 2.40. The summed E-state index contributed by atoms with van der Waals surface area (Å²) in [5.41, 5.74) is 0. The van der Waals surface area contributed by atoms with E-state index in [0.29, 0.717) is 32.3 Å². The van der Waals surface area contributed by atoms with Crippen molar-refractivity contribution in [2.75, 3.05) is 6.61 Å². The summed E-state index contributed by atoms with van der Waals surface area (Å²) < 4.78 is 4.89. The van der Waals surface area contributed by atoms with E-state index in [1.54, 1.807) is 6.92 Å². The van der Waals surface area contributed by atoms with Gasteiger partial charge in [0.25, 0.3) is 0 Å². The first-order valence-electron chi connectivity index (χ1n) is 8.96. The Morgan fingerprint density at radius 3 is 2.17 bits per heavy atom. The molecule has 0 saturated heterocycles. The second kappa shape index (κ2) is 10.8. The van der Waals surface area contributed by atoms with E-state index < -0.39 is 12.2 Å². The minimum atomic E-state index is -0.488. The third kappa shape index (κ3) is 7.44. The van der Waals surface area contributed by atoms with Gasteiger partial charge in [-0.3, -0.25) is 4.79 Å². The Hall–Kier alpha value is -0.940. The minimum absolute atomic E-state index is 0.0356. The summed E-state index contributed by atoms with van der Waals surface area (Å²) in [5, 5.41) is 20.2. The van der Waals surface area contributed by atoms with E-state index in [-0.39, 0.29) is 23.6 Å². The molecule has 0 aromatic rings. The number of aliphatic hydroxyl groups is 2. The Kier molecular flexibility index (Phi) is 9.41. The lowest BCUT2D eigenvalue weighted by atomic mass is 9.85. The molecule has 5 heteroatoms. The molecule has 0 spiro atoms. The number of esters is 1. The van der Waals surface area contributed by atoms with Gasteiger partial charge in [0.05, 0.1) is 18.8 Å². The van der Waals surface area contributed by atoms with Crippen LogP contribution in [-0.4, -0.2) is 40.8 Å². The van der Waals surface area contributed by atoms with Crippen LogP contribution in [0.25, 0.3) is 0 Å². The van der Waals surface area contributed by atoms with Gasteiger partial charge in [-0.05, 0) is 51.4 Å². The molecule has 0 aromatic heterocycles. The maximum atomic E-state index is 11.2. The molecular weight excluding hydrogens is 296 g/mol. The van der Waals surface area contributed by atoms with Crippen LogP contribution in [0.3, 0.4) is 0 Å². The van der Waals surface area contributed by atoms with Crippen LogP contribution in [0.15, 0.2) is 0 Å². The predicted molar refractivity (Wildman–Crippen MR) is 87.9 cm³/mol. The SMILES string of the molecule is CCOC(=O)CCCCCCC1C(O)CC(O)C1CCC(C)=O. The number of carbonyl (C=O) groups excluding carboxylic acids is 2. The second-order valence-corrected chi connectivity index (χ2v) is 6.70. The van der Waals surface area contributed by atoms with Crippen molar-refractivity contribution in [1.29, 1.82) is 0 Å². The topological polar surface area (TPSA) is 83.8 Å². The van der Waals surface area contributed by atoms with Crippen molar-refractivity contribution in [2.45, 2.75) is 83.8 Å². The van der Waals surface area contributed by atoms with Gasteiger partial charge in [-0.1, -0.05) is 19.3 Å². The zero-order valence-electron chi connectivity index (χ0n) is 14.5. The molecule has 2 N–H and O–H groups in total. The summed E-state index contributed by atoms with van der Waals surface area (Å²) in [6.45, 7) is 3.81. The Morgan fingerprint density at radius 1 is 0.957 bits per heavy atom. The molecule has 134 valence electrons. The van der Waals surface area contributed by atoms with Crippen LogP contribution in [0.4, 0.5) is 0 Å². The average molecular weight is 328 g/mol. The van der Waals surface area contributed by atoms with Crippen molar-refractivity contribution in [1.82, 2.24) is 0 Å². The lowest BCUT2D eigenvalue weighted by Crippen LogP contribution is -2.23. The van der Waals surface area contributed by atoms with E-state index in [1.807, 2.05) is 6.92 Å². The molecule has 1 aliphatic carbocycles. The number of aliphatic hydroxyl groups excluding tert-OH is 2. The van der Waals surface area contributed by atoms with Crippen molar-refractivity contribution in [2.24, 2.45) is 11.8 Å². The van der Waals surface area contributed by atoms with Gasteiger partial charge in [0.15, 0.2) is 0 Å². The summed E-state index contributed by atoms with van der Waals surface area (Å²) in [4.78, 5) is 22.4. The van der Waals surface area contributed by atoms with Gasteiger partial charge in [-0.2, -0.15) is 0 Å². The van der Waals surface area contributed by atoms with Crippen LogP contribution in [0, 0.1) is 11.8 Å². The minimum Gasteiger partial charge on any atom is -0.466 e. The van der Waals surface area contributed by atoms with Crippen molar-refractivity contribution < 1.29 is 24.5 Å². The molecule has 1 saturated carbocycles. The van der Waals surface area contributed by atoms with Crippen molar-refractivity contribution >= 4 is 11.8 Å². The number of ether oxygens (including phenoxy) is 1. The third-order valence-electron chi connectivity index (χ3n) is 4.82. The number of unbranched alkanes of at least 4 members (excludes halogenated alkanes) is 3. The highest BCUT2D eigenvalue weighted by Crippen LogP contribution is 2.38. The lowest BCUT2D eigenvalue weighted by Gasteiger charge is -2.23. The number of carbonyl (C=O) groups is 2. The van der Waals surface area contributed by atoms with Crippen molar-refractivity contribution in [3.8, 4) is 0 Å². The first kappa shape index (κ1) is 20.1. The summed E-state index contributed by atoms with van der Waals surface area (Å²) in [6, 6.07) is 0. The van der Waals surface area contributed by atoms with Crippen LogP contribution in [0.2, 0.25) is 0 Å². The van der Waals surface area contributed by atoms with Crippen molar-refractivity contribution in [3.05, 3.63) is 0 Å². The van der Waals surface area contributed by atoms with E-state index in [1.165, 1.54) is 0 Å². The molecule has 1 rings (SSSR count). The molecule has 4 unspecified atom stereocenters. The molecule has 0 amide bonds. The monoisotopic (exact) mass is 328 g/mol. The molecule has 4 atom stereocenters. The van der Waals surface area contributed by atoms with Crippen LogP contribution in [0.5, 0.6) is 0 Å². The highest BCUT2D eigenvalue weighted by atomic mass is 16.5. The van der Waals surface area contributed by atoms with Crippen LogP contribution in [-0.2, 0) is 14.3 Å². The van der Waals surface area contributed by atoms with Gasteiger partial charge >= 0.3 is 5.97 Å². The summed E-state index contributed by atoms with van der Waals surface area (Å²) in [6.07, 6.45) is 5.78. The fourth-order valence-electron chi connectivity index (χ4n) is 3.59. The first-order chi connectivity index (χ1) is 11.0. The van der Waals surface area contributed by atoms with E-state index >= 15 is 0 Å². The standard InChI is InChI=1S/C18H32O5/c1-3-23-18(22)9-7-5-4-6-8-14-15(11-10-13(2)19)17(21)12-16(14)20/h14-17,20-21H,3-12H2,1-2H3. The number of ketones is 1. The molecule has 0 bridgehead atoms. The molecule has 0 heterocycles. The van der Waals surface area contributed by atoms with Crippen molar-refractivity contribution in [3.63, 3.8) is 0 Å². The van der Waals surface area contributed by atoms with E-state index in [0.717, 1.165) is 32.1 Å². The zero-order chi connectivity index (χ0) is 17.2. The fourth-order valence-corrected chi connectivity index (χ4v) is 3.59. The predicted octanol–water partition coefficient (Wildman–Crippen LogP) is 2.62. The third-order valence-corrected chi connectivity index (χ3v) is 4.82. The summed E-state index contributed by atoms with van der Waals surface area (Å²) in [5.74, 6) is 0.130. The van der Waals surface area contributed by atoms with Gasteiger partial charge in [0.2, 0.25) is 0 Å². The smallest absolute Gasteiger partial charge is 0.305 e. The normalized spacial score (nSPS) is 27.1. The first-order valence-corrected chi connectivity index (χ1v) is 8.96. The molecule has 1 aliphatic rings. The van der Waals surface area contributed by atoms with Gasteiger partial charge in [0, 0.05) is 12.8 Å². The number of rotatable bonds is 11. The molecule has 0 radical (unpaired) electrons. The molecule has 0 aliphatic heterocycles. The van der Waals surface area contributed by atoms with E-state index in [2.05, 4.69) is 0 Å². The Morgan fingerprint density at radius 2 is 1.57 bits per heavy atom. The van der Waals surface area contributed by atoms with Crippen LogP contribution in [0.1, 0.15) is 71.6 Å². The largest absolute Gasteiger partial charge is 0.466 e. The fraction of sp³-hybridized carbons (Fsp3) is 0.889. The van der Waals surface area contributed by atoms with Gasteiger partial charge in [-0.25, -0.2) is 0 Å². The van der Waals surface area contributed by atoms with Gasteiger partial charge < -0.3 is 19.7 Å². The number of Topliss-reactive ketones (excluding diaryl/α,β-unsaturated/α-hetero) is 1. The van der Waals surface area contributed by atoms with Gasteiger partial charge in [-0.15, -0.1) is 0 Å². The van der Waals surface area contributed by atoms with E-state index in [4.69, 9.17) is 4.74 Å².